The normalized spacial score (nSPS) is 15.0. The molecule has 1 heterocycles. The second kappa shape index (κ2) is 9.57. The highest BCUT2D eigenvalue weighted by Crippen LogP contribution is 2.30. The van der Waals surface area contributed by atoms with Crippen LogP contribution in [0.3, 0.4) is 0 Å². The fourth-order valence-corrected chi connectivity index (χ4v) is 4.53. The van der Waals surface area contributed by atoms with Crippen LogP contribution in [-0.4, -0.2) is 45.1 Å². The highest BCUT2D eigenvalue weighted by atomic mass is 35.5. The van der Waals surface area contributed by atoms with Crippen molar-refractivity contribution < 1.29 is 17.9 Å². The summed E-state index contributed by atoms with van der Waals surface area (Å²) in [6.07, 6.45) is 1.16. The third-order valence-corrected chi connectivity index (χ3v) is 6.55. The molecule has 1 amide bonds. The first-order chi connectivity index (χ1) is 14.3. The summed E-state index contributed by atoms with van der Waals surface area (Å²) in [4.78, 5) is 13.7. The number of amides is 1. The van der Waals surface area contributed by atoms with E-state index in [-0.39, 0.29) is 17.0 Å². The van der Waals surface area contributed by atoms with Gasteiger partial charge in [-0.15, -0.1) is 0 Å². The molecular formula is C21H26ClN3O4S. The number of halogens is 1. The summed E-state index contributed by atoms with van der Waals surface area (Å²) in [6.45, 7) is 5.19. The number of carbonyl (C=O) groups excluding carboxylic acids is 1. The van der Waals surface area contributed by atoms with Crippen LogP contribution < -0.4 is 10.0 Å². The van der Waals surface area contributed by atoms with E-state index < -0.39 is 10.0 Å². The average molecular weight is 452 g/mol. The van der Waals surface area contributed by atoms with Crippen LogP contribution in [0.4, 0.5) is 16.2 Å². The third kappa shape index (κ3) is 5.58. The lowest BCUT2D eigenvalue weighted by Gasteiger charge is -2.32. The zero-order valence-electron chi connectivity index (χ0n) is 17.0. The van der Waals surface area contributed by atoms with Crippen molar-refractivity contribution in [1.29, 1.82) is 0 Å². The smallest absolute Gasteiger partial charge is 0.409 e. The first-order valence-corrected chi connectivity index (χ1v) is 11.7. The van der Waals surface area contributed by atoms with Crippen LogP contribution in [-0.2, 0) is 14.8 Å². The molecule has 1 fully saturated rings. The predicted molar refractivity (Wildman–Crippen MR) is 119 cm³/mol. The Morgan fingerprint density at radius 3 is 2.43 bits per heavy atom. The van der Waals surface area contributed by atoms with Crippen LogP contribution in [0.2, 0.25) is 5.02 Å². The van der Waals surface area contributed by atoms with Gasteiger partial charge >= 0.3 is 6.09 Å². The highest BCUT2D eigenvalue weighted by Gasteiger charge is 2.24. The molecule has 0 spiro atoms. The van der Waals surface area contributed by atoms with Crippen molar-refractivity contribution in [2.75, 3.05) is 29.7 Å². The summed E-state index contributed by atoms with van der Waals surface area (Å²) < 4.78 is 33.3. The number of rotatable bonds is 6. The van der Waals surface area contributed by atoms with Gasteiger partial charge in [0.1, 0.15) is 0 Å². The number of benzene rings is 2. The number of aryl methyl sites for hydroxylation is 1. The average Bonchev–Trinajstić information content (AvgIpc) is 2.71. The molecule has 2 aromatic carbocycles. The van der Waals surface area contributed by atoms with Gasteiger partial charge < -0.3 is 15.0 Å². The number of ether oxygens (including phenoxy) is 1. The number of nitrogens with zero attached hydrogens (tertiary/aromatic N) is 1. The molecule has 3 rings (SSSR count). The molecule has 0 aromatic heterocycles. The number of piperidine rings is 1. The number of hydrogen-bond donors (Lipinski definition) is 2. The van der Waals surface area contributed by atoms with Gasteiger partial charge in [0, 0.05) is 24.2 Å². The van der Waals surface area contributed by atoms with E-state index in [1.54, 1.807) is 54.3 Å². The van der Waals surface area contributed by atoms with Gasteiger partial charge in [0.15, 0.2) is 0 Å². The van der Waals surface area contributed by atoms with Crippen molar-refractivity contribution in [3.8, 4) is 0 Å². The molecule has 0 aliphatic carbocycles. The number of anilines is 2. The third-order valence-electron chi connectivity index (χ3n) is 4.94. The zero-order chi connectivity index (χ0) is 21.7. The molecule has 7 nitrogen and oxygen atoms in total. The Morgan fingerprint density at radius 1 is 1.13 bits per heavy atom. The van der Waals surface area contributed by atoms with Gasteiger partial charge in [-0.05, 0) is 57.0 Å². The second-order valence-corrected chi connectivity index (χ2v) is 9.33. The van der Waals surface area contributed by atoms with Crippen LogP contribution >= 0.6 is 11.6 Å². The van der Waals surface area contributed by atoms with E-state index in [1.807, 2.05) is 6.92 Å². The highest BCUT2D eigenvalue weighted by molar-refractivity contribution is 7.92. The van der Waals surface area contributed by atoms with Crippen molar-refractivity contribution in [3.05, 3.63) is 53.1 Å². The summed E-state index contributed by atoms with van der Waals surface area (Å²) >= 11 is 6.12. The van der Waals surface area contributed by atoms with Crippen LogP contribution in [0, 0.1) is 6.92 Å². The summed E-state index contributed by atoms with van der Waals surface area (Å²) in [5.41, 5.74) is 2.01. The molecule has 30 heavy (non-hydrogen) atoms. The maximum Gasteiger partial charge on any atom is 0.409 e. The molecule has 1 aliphatic rings. The molecule has 0 saturated carbocycles. The Kier molecular flexibility index (Phi) is 7.10. The van der Waals surface area contributed by atoms with Crippen molar-refractivity contribution in [2.24, 2.45) is 0 Å². The standard InChI is InChI=1S/C21H26ClN3O4S/c1-3-29-21(26)25-12-10-17(11-13-25)23-19-9-6-16(22)14-20(19)24-30(27,28)18-7-4-15(2)5-8-18/h4-9,14,17,23-24H,3,10-13H2,1-2H3. The molecule has 0 atom stereocenters. The molecular weight excluding hydrogens is 426 g/mol. The van der Waals surface area contributed by atoms with Gasteiger partial charge in [-0.3, -0.25) is 4.72 Å². The lowest BCUT2D eigenvalue weighted by atomic mass is 10.0. The maximum absolute atomic E-state index is 12.8. The number of hydrogen-bond acceptors (Lipinski definition) is 5. The Hall–Kier alpha value is -2.45. The zero-order valence-corrected chi connectivity index (χ0v) is 18.6. The SMILES string of the molecule is CCOC(=O)N1CCC(Nc2ccc(Cl)cc2NS(=O)(=O)c2ccc(C)cc2)CC1. The first kappa shape index (κ1) is 22.2. The predicted octanol–water partition coefficient (Wildman–Crippen LogP) is 4.48. The number of sulfonamides is 1. The summed E-state index contributed by atoms with van der Waals surface area (Å²) in [5.74, 6) is 0. The van der Waals surface area contributed by atoms with Gasteiger partial charge in [-0.2, -0.15) is 0 Å². The largest absolute Gasteiger partial charge is 0.450 e. The van der Waals surface area contributed by atoms with Crippen LogP contribution in [0.25, 0.3) is 0 Å². The minimum Gasteiger partial charge on any atom is -0.450 e. The quantitative estimate of drug-likeness (QED) is 0.675. The molecule has 0 radical (unpaired) electrons. The Morgan fingerprint density at radius 2 is 1.80 bits per heavy atom. The van der Waals surface area contributed by atoms with Crippen molar-refractivity contribution in [1.82, 2.24) is 4.90 Å². The fourth-order valence-electron chi connectivity index (χ4n) is 3.29. The van der Waals surface area contributed by atoms with E-state index in [1.165, 1.54) is 0 Å². The van der Waals surface area contributed by atoms with Gasteiger partial charge in [0.05, 0.1) is 22.9 Å². The minimum absolute atomic E-state index is 0.0967. The first-order valence-electron chi connectivity index (χ1n) is 9.86. The van der Waals surface area contributed by atoms with Gasteiger partial charge in [-0.1, -0.05) is 29.3 Å². The Bertz CT molecular complexity index is 988. The fraction of sp³-hybridized carbons (Fsp3) is 0.381. The topological polar surface area (TPSA) is 87.7 Å². The van der Waals surface area contributed by atoms with E-state index in [0.717, 1.165) is 18.4 Å². The van der Waals surface area contributed by atoms with E-state index in [9.17, 15) is 13.2 Å². The maximum atomic E-state index is 12.8. The van der Waals surface area contributed by atoms with Crippen LogP contribution in [0.1, 0.15) is 25.3 Å². The minimum atomic E-state index is -3.75. The summed E-state index contributed by atoms with van der Waals surface area (Å²) in [5, 5.41) is 3.82. The van der Waals surface area contributed by atoms with Crippen molar-refractivity contribution in [3.63, 3.8) is 0 Å². The van der Waals surface area contributed by atoms with Crippen molar-refractivity contribution in [2.45, 2.75) is 37.6 Å². The van der Waals surface area contributed by atoms with E-state index >= 15 is 0 Å². The number of nitrogens with one attached hydrogen (secondary N) is 2. The second-order valence-electron chi connectivity index (χ2n) is 7.21. The number of likely N-dealkylation sites (tertiary alicyclic amines) is 1. The van der Waals surface area contributed by atoms with Gasteiger partial charge in [0.2, 0.25) is 0 Å². The molecule has 2 N–H and O–H groups in total. The van der Waals surface area contributed by atoms with Crippen LogP contribution in [0.5, 0.6) is 0 Å². The lowest BCUT2D eigenvalue weighted by Crippen LogP contribution is -2.42. The molecule has 1 saturated heterocycles. The van der Waals surface area contributed by atoms with E-state index in [0.29, 0.717) is 36.1 Å². The van der Waals surface area contributed by atoms with Gasteiger partial charge in [-0.25, -0.2) is 13.2 Å². The Labute approximate surface area is 182 Å². The lowest BCUT2D eigenvalue weighted by molar-refractivity contribution is 0.0983. The molecule has 1 aliphatic heterocycles. The molecule has 162 valence electrons. The summed E-state index contributed by atoms with van der Waals surface area (Å²) in [6, 6.07) is 11.8. The molecule has 0 bridgehead atoms. The summed E-state index contributed by atoms with van der Waals surface area (Å²) in [7, 11) is -3.75. The van der Waals surface area contributed by atoms with Crippen LogP contribution in [0.15, 0.2) is 47.4 Å². The number of carbonyl (C=O) groups is 1. The Balaban J connectivity index is 1.72. The van der Waals surface area contributed by atoms with Crippen molar-refractivity contribution >= 4 is 39.1 Å². The van der Waals surface area contributed by atoms with Gasteiger partial charge in [0.25, 0.3) is 10.0 Å². The molecule has 2 aromatic rings. The molecule has 9 heteroatoms. The van der Waals surface area contributed by atoms with E-state index in [4.69, 9.17) is 16.3 Å². The monoisotopic (exact) mass is 451 g/mol. The molecule has 0 unspecified atom stereocenters. The van der Waals surface area contributed by atoms with E-state index in [2.05, 4.69) is 10.0 Å².